The van der Waals surface area contributed by atoms with E-state index in [4.69, 9.17) is 0 Å². The smallest absolute Gasteiger partial charge is 0.196 e. The summed E-state index contributed by atoms with van der Waals surface area (Å²) in [5, 5.41) is 19.1. The molecule has 0 saturated heterocycles. The molecule has 1 aliphatic rings. The van der Waals surface area contributed by atoms with E-state index in [-0.39, 0.29) is 22.9 Å². The van der Waals surface area contributed by atoms with Crippen LogP contribution in [0.1, 0.15) is 0 Å². The lowest BCUT2D eigenvalue weighted by molar-refractivity contribution is -0.112. The summed E-state index contributed by atoms with van der Waals surface area (Å²) < 4.78 is 15.4. The molecule has 0 radical (unpaired) electrons. The van der Waals surface area contributed by atoms with Gasteiger partial charge in [-0.3, -0.25) is 9.36 Å². The number of para-hydroxylation sites is 2. The van der Waals surface area contributed by atoms with Gasteiger partial charge < -0.3 is 9.80 Å². The molecule has 2 heterocycles. The summed E-state index contributed by atoms with van der Waals surface area (Å²) in [7, 11) is 3.68. The van der Waals surface area contributed by atoms with Gasteiger partial charge in [0, 0.05) is 25.3 Å². The summed E-state index contributed by atoms with van der Waals surface area (Å²) in [5.41, 5.74) is 3.41. The van der Waals surface area contributed by atoms with Gasteiger partial charge in [-0.05, 0) is 36.4 Å². The number of anilines is 2. The SMILES string of the molecule is CN1C(=C(C#N)C(=O)CSc2nnc(-c3ccccc3)n2-c2ccc(F)cc2)N(C)c2ccccc21. The first-order chi connectivity index (χ1) is 17.5. The average Bonchev–Trinajstić information content (AvgIpc) is 3.44. The van der Waals surface area contributed by atoms with Crippen LogP contribution >= 0.6 is 11.8 Å². The zero-order chi connectivity index (χ0) is 25.2. The second-order valence-corrected chi connectivity index (χ2v) is 9.06. The van der Waals surface area contributed by atoms with Crippen molar-refractivity contribution in [2.24, 2.45) is 0 Å². The van der Waals surface area contributed by atoms with Gasteiger partial charge in [0.05, 0.1) is 17.1 Å². The minimum absolute atomic E-state index is 0.0153. The fourth-order valence-electron chi connectivity index (χ4n) is 4.22. The Morgan fingerprint density at radius 1 is 0.917 bits per heavy atom. The second-order valence-electron chi connectivity index (χ2n) is 8.11. The Kier molecular flexibility index (Phi) is 6.27. The summed E-state index contributed by atoms with van der Waals surface area (Å²) in [6.45, 7) is 0. The van der Waals surface area contributed by atoms with Gasteiger partial charge in [0.1, 0.15) is 23.3 Å². The summed E-state index contributed by atoms with van der Waals surface area (Å²) in [5.74, 6) is 0.418. The molecule has 0 atom stereocenters. The maximum absolute atomic E-state index is 13.6. The molecule has 0 bridgehead atoms. The Bertz CT molecular complexity index is 1480. The topological polar surface area (TPSA) is 78.0 Å². The van der Waals surface area contributed by atoms with Crippen LogP contribution in [0.2, 0.25) is 0 Å². The highest BCUT2D eigenvalue weighted by atomic mass is 32.2. The van der Waals surface area contributed by atoms with E-state index >= 15 is 0 Å². The minimum Gasteiger partial charge on any atom is -0.328 e. The molecule has 0 saturated carbocycles. The highest BCUT2D eigenvalue weighted by Crippen LogP contribution is 2.40. The van der Waals surface area contributed by atoms with Gasteiger partial charge in [0.25, 0.3) is 0 Å². The Hall–Kier alpha value is -4.42. The first-order valence-corrected chi connectivity index (χ1v) is 12.1. The fourth-order valence-corrected chi connectivity index (χ4v) is 5.04. The molecule has 5 rings (SSSR count). The van der Waals surface area contributed by atoms with Crippen LogP contribution in [-0.2, 0) is 4.79 Å². The summed E-state index contributed by atoms with van der Waals surface area (Å²) >= 11 is 1.18. The van der Waals surface area contributed by atoms with Crippen molar-refractivity contribution in [2.45, 2.75) is 5.16 Å². The number of halogens is 1. The Morgan fingerprint density at radius 2 is 1.53 bits per heavy atom. The lowest BCUT2D eigenvalue weighted by atomic mass is 10.2. The van der Waals surface area contributed by atoms with Crippen LogP contribution in [0.3, 0.4) is 0 Å². The maximum Gasteiger partial charge on any atom is 0.196 e. The van der Waals surface area contributed by atoms with Crippen LogP contribution < -0.4 is 9.80 Å². The van der Waals surface area contributed by atoms with Gasteiger partial charge in [-0.1, -0.05) is 54.2 Å². The number of nitrogens with zero attached hydrogens (tertiary/aromatic N) is 6. The van der Waals surface area contributed by atoms with Crippen LogP contribution in [0.4, 0.5) is 15.8 Å². The van der Waals surface area contributed by atoms with Gasteiger partial charge in [0.15, 0.2) is 16.8 Å². The summed E-state index contributed by atoms with van der Waals surface area (Å²) in [6.07, 6.45) is 0. The first-order valence-electron chi connectivity index (χ1n) is 11.1. The number of thioether (sulfide) groups is 1. The van der Waals surface area contributed by atoms with E-state index in [9.17, 15) is 14.4 Å². The van der Waals surface area contributed by atoms with Crippen molar-refractivity contribution in [3.63, 3.8) is 0 Å². The standard InChI is InChI=1S/C27H21FN6OS/c1-32-22-10-6-7-11-23(22)33(2)26(32)21(16-29)24(35)17-36-27-31-30-25(18-8-4-3-5-9-18)34(27)20-14-12-19(28)13-15-20/h3-15H,17H2,1-2H3. The third-order valence-electron chi connectivity index (χ3n) is 5.94. The monoisotopic (exact) mass is 496 g/mol. The van der Waals surface area contributed by atoms with Crippen molar-refractivity contribution >= 4 is 28.9 Å². The lowest BCUT2D eigenvalue weighted by Crippen LogP contribution is -2.26. The molecule has 0 amide bonds. The molecule has 0 aliphatic carbocycles. The number of hydrogen-bond donors (Lipinski definition) is 0. The number of carbonyl (C=O) groups excluding carboxylic acids is 1. The third kappa shape index (κ3) is 4.12. The second kappa shape index (κ2) is 9.68. The van der Waals surface area contributed by atoms with Gasteiger partial charge in [-0.2, -0.15) is 5.26 Å². The Morgan fingerprint density at radius 3 is 2.14 bits per heavy atom. The van der Waals surface area contributed by atoms with Gasteiger partial charge in [-0.15, -0.1) is 10.2 Å². The molecule has 36 heavy (non-hydrogen) atoms. The molecular formula is C27H21FN6OS. The summed E-state index contributed by atoms with van der Waals surface area (Å²) in [6, 6.07) is 25.4. The van der Waals surface area contributed by atoms with E-state index in [0.29, 0.717) is 22.5 Å². The van der Waals surface area contributed by atoms with Crippen LogP contribution in [0.25, 0.3) is 17.1 Å². The van der Waals surface area contributed by atoms with Crippen molar-refractivity contribution in [3.05, 3.63) is 96.1 Å². The zero-order valence-corrected chi connectivity index (χ0v) is 20.4. The van der Waals surface area contributed by atoms with E-state index in [1.807, 2.05) is 78.5 Å². The predicted molar refractivity (Wildman–Crippen MR) is 138 cm³/mol. The highest BCUT2D eigenvalue weighted by Gasteiger charge is 2.31. The number of hydrogen-bond acceptors (Lipinski definition) is 7. The maximum atomic E-state index is 13.6. The zero-order valence-electron chi connectivity index (χ0n) is 19.6. The molecule has 3 aromatic carbocycles. The Balaban J connectivity index is 1.47. The normalized spacial score (nSPS) is 12.4. The molecule has 7 nitrogen and oxygen atoms in total. The molecule has 0 unspecified atom stereocenters. The molecule has 1 aromatic heterocycles. The highest BCUT2D eigenvalue weighted by molar-refractivity contribution is 7.99. The molecule has 0 spiro atoms. The van der Waals surface area contributed by atoms with E-state index in [0.717, 1.165) is 16.9 Å². The van der Waals surface area contributed by atoms with E-state index in [1.165, 1.54) is 23.9 Å². The van der Waals surface area contributed by atoms with Crippen LogP contribution in [0.5, 0.6) is 0 Å². The molecule has 1 aliphatic heterocycles. The largest absolute Gasteiger partial charge is 0.328 e. The van der Waals surface area contributed by atoms with Gasteiger partial charge in [0.2, 0.25) is 0 Å². The van der Waals surface area contributed by atoms with Crippen LogP contribution in [0, 0.1) is 17.1 Å². The number of aromatic nitrogens is 3. The van der Waals surface area contributed by atoms with Crippen molar-refractivity contribution in [1.29, 1.82) is 5.26 Å². The van der Waals surface area contributed by atoms with Crippen molar-refractivity contribution in [1.82, 2.24) is 14.8 Å². The number of Topliss-reactive ketones (excluding diaryl/α,β-unsaturated/α-hetero) is 1. The van der Waals surface area contributed by atoms with Crippen LogP contribution in [0.15, 0.2) is 95.4 Å². The molecule has 0 N–H and O–H groups in total. The van der Waals surface area contributed by atoms with Crippen LogP contribution in [-0.4, -0.2) is 40.4 Å². The molecule has 4 aromatic rings. The number of benzene rings is 3. The molecule has 0 fully saturated rings. The van der Waals surface area contributed by atoms with Gasteiger partial charge in [-0.25, -0.2) is 4.39 Å². The third-order valence-corrected chi connectivity index (χ3v) is 6.87. The molecular weight excluding hydrogens is 475 g/mol. The fraction of sp³-hybridized carbons (Fsp3) is 0.111. The number of ketones is 1. The number of fused-ring (bicyclic) bond motifs is 1. The van der Waals surface area contributed by atoms with E-state index in [1.54, 1.807) is 16.7 Å². The quantitative estimate of drug-likeness (QED) is 0.210. The van der Waals surface area contributed by atoms with Crippen molar-refractivity contribution in [3.8, 4) is 23.1 Å². The van der Waals surface area contributed by atoms with E-state index < -0.39 is 0 Å². The number of allylic oxidation sites excluding steroid dienone is 1. The van der Waals surface area contributed by atoms with Gasteiger partial charge >= 0.3 is 0 Å². The minimum atomic E-state index is -0.353. The lowest BCUT2D eigenvalue weighted by Gasteiger charge is -2.19. The number of carbonyl (C=O) groups is 1. The predicted octanol–water partition coefficient (Wildman–Crippen LogP) is 5.06. The summed E-state index contributed by atoms with van der Waals surface area (Å²) in [4.78, 5) is 17.0. The number of rotatable bonds is 6. The first kappa shape index (κ1) is 23.3. The van der Waals surface area contributed by atoms with E-state index in [2.05, 4.69) is 16.3 Å². The van der Waals surface area contributed by atoms with Crippen molar-refractivity contribution in [2.75, 3.05) is 29.6 Å². The molecule has 178 valence electrons. The number of nitriles is 1. The average molecular weight is 497 g/mol. The Labute approximate surface area is 212 Å². The van der Waals surface area contributed by atoms with Crippen molar-refractivity contribution < 1.29 is 9.18 Å². The molecule has 9 heteroatoms.